The molecule has 4 rings (SSSR count). The summed E-state index contributed by atoms with van der Waals surface area (Å²) in [5.74, 6) is 1.82. The number of carbonyl (C=O) groups excluding carboxylic acids is 1. The fourth-order valence-corrected chi connectivity index (χ4v) is 4.04. The fourth-order valence-electron chi connectivity index (χ4n) is 3.67. The molecule has 2 aromatic carbocycles. The average Bonchev–Trinajstić information content (AvgIpc) is 3.23. The number of fused-ring (bicyclic) bond motifs is 2. The number of ether oxygens (including phenoxy) is 2. The van der Waals surface area contributed by atoms with Gasteiger partial charge in [0.05, 0.1) is 23.9 Å². The lowest BCUT2D eigenvalue weighted by Crippen LogP contribution is -2.29. The second-order valence-electron chi connectivity index (χ2n) is 6.76. The van der Waals surface area contributed by atoms with Gasteiger partial charge in [0, 0.05) is 36.1 Å². The molecule has 6 heteroatoms. The highest BCUT2D eigenvalue weighted by molar-refractivity contribution is 6.34. The number of hydrogen-bond acceptors (Lipinski definition) is 3. The van der Waals surface area contributed by atoms with Crippen molar-refractivity contribution < 1.29 is 14.3 Å². The molecular weight excluding hydrogens is 352 g/mol. The zero-order chi connectivity index (χ0) is 18.3. The number of rotatable bonds is 3. The van der Waals surface area contributed by atoms with Gasteiger partial charge < -0.3 is 20.1 Å². The Bertz CT molecular complexity index is 840. The van der Waals surface area contributed by atoms with Crippen molar-refractivity contribution in [3.63, 3.8) is 0 Å². The van der Waals surface area contributed by atoms with Crippen molar-refractivity contribution in [1.82, 2.24) is 5.32 Å². The van der Waals surface area contributed by atoms with Crippen molar-refractivity contribution >= 4 is 23.3 Å². The molecule has 0 radical (unpaired) electrons. The second-order valence-corrected chi connectivity index (χ2v) is 7.17. The van der Waals surface area contributed by atoms with Gasteiger partial charge in [-0.15, -0.1) is 0 Å². The molecule has 0 aliphatic carbocycles. The minimum atomic E-state index is -0.290. The zero-order valence-electron chi connectivity index (χ0n) is 14.9. The number of benzene rings is 2. The highest BCUT2D eigenvalue weighted by Gasteiger charge is 2.26. The SMILES string of the molecule is Cc1cc(C)c(NC(=O)NCc2c3c(cc4c2OCC4)OCC3)c(Cl)c1. The van der Waals surface area contributed by atoms with Crippen LogP contribution in [0.4, 0.5) is 10.5 Å². The molecule has 5 nitrogen and oxygen atoms in total. The van der Waals surface area contributed by atoms with Crippen LogP contribution in [0.15, 0.2) is 18.2 Å². The maximum Gasteiger partial charge on any atom is 0.319 e. The molecule has 2 aromatic rings. The van der Waals surface area contributed by atoms with Gasteiger partial charge in [0.2, 0.25) is 0 Å². The third-order valence-corrected chi connectivity index (χ3v) is 5.15. The van der Waals surface area contributed by atoms with E-state index in [0.717, 1.165) is 52.2 Å². The molecule has 0 aromatic heterocycles. The lowest BCUT2D eigenvalue weighted by Gasteiger charge is -2.15. The largest absolute Gasteiger partial charge is 0.493 e. The predicted octanol–water partition coefficient (Wildman–Crippen LogP) is 4.15. The molecule has 0 fully saturated rings. The maximum absolute atomic E-state index is 12.4. The molecule has 0 atom stereocenters. The average molecular weight is 373 g/mol. The molecule has 2 N–H and O–H groups in total. The highest BCUT2D eigenvalue weighted by atomic mass is 35.5. The normalized spacial score (nSPS) is 14.3. The topological polar surface area (TPSA) is 59.6 Å². The molecule has 136 valence electrons. The van der Waals surface area contributed by atoms with E-state index in [-0.39, 0.29) is 6.03 Å². The molecule has 0 spiro atoms. The first kappa shape index (κ1) is 17.0. The van der Waals surface area contributed by atoms with Crippen molar-refractivity contribution in [3.8, 4) is 11.5 Å². The summed E-state index contributed by atoms with van der Waals surface area (Å²) in [6.07, 6.45) is 1.72. The monoisotopic (exact) mass is 372 g/mol. The van der Waals surface area contributed by atoms with Crippen LogP contribution in [0.3, 0.4) is 0 Å². The first-order valence-electron chi connectivity index (χ1n) is 8.77. The number of halogens is 1. The van der Waals surface area contributed by atoms with Crippen LogP contribution in [-0.4, -0.2) is 19.2 Å². The van der Waals surface area contributed by atoms with Crippen LogP contribution < -0.4 is 20.1 Å². The number of carbonyl (C=O) groups is 1. The van der Waals surface area contributed by atoms with Crippen molar-refractivity contribution in [3.05, 3.63) is 51.0 Å². The number of urea groups is 1. The van der Waals surface area contributed by atoms with Crippen LogP contribution in [0.1, 0.15) is 27.8 Å². The zero-order valence-corrected chi connectivity index (χ0v) is 15.6. The van der Waals surface area contributed by atoms with E-state index in [1.807, 2.05) is 26.0 Å². The van der Waals surface area contributed by atoms with Gasteiger partial charge in [0.15, 0.2) is 0 Å². The maximum atomic E-state index is 12.4. The lowest BCUT2D eigenvalue weighted by atomic mass is 9.99. The fraction of sp³-hybridized carbons (Fsp3) is 0.350. The van der Waals surface area contributed by atoms with E-state index in [9.17, 15) is 4.79 Å². The van der Waals surface area contributed by atoms with Crippen molar-refractivity contribution in [2.24, 2.45) is 0 Å². The Morgan fingerprint density at radius 1 is 1.15 bits per heavy atom. The summed E-state index contributed by atoms with van der Waals surface area (Å²) in [6, 6.07) is 5.61. The molecule has 2 aliphatic rings. The Morgan fingerprint density at radius 3 is 2.77 bits per heavy atom. The van der Waals surface area contributed by atoms with Gasteiger partial charge in [0.25, 0.3) is 0 Å². The first-order chi connectivity index (χ1) is 12.5. The van der Waals surface area contributed by atoms with Gasteiger partial charge in [-0.25, -0.2) is 4.79 Å². The number of hydrogen-bond donors (Lipinski definition) is 2. The second kappa shape index (κ2) is 6.72. The van der Waals surface area contributed by atoms with E-state index < -0.39 is 0 Å². The van der Waals surface area contributed by atoms with Crippen LogP contribution in [0, 0.1) is 13.8 Å². The molecule has 0 unspecified atom stereocenters. The summed E-state index contributed by atoms with van der Waals surface area (Å²) in [7, 11) is 0. The van der Waals surface area contributed by atoms with Gasteiger partial charge in [-0.1, -0.05) is 17.7 Å². The van der Waals surface area contributed by atoms with Crippen molar-refractivity contribution in [1.29, 1.82) is 0 Å². The molecule has 2 aliphatic heterocycles. The third-order valence-electron chi connectivity index (χ3n) is 4.86. The lowest BCUT2D eigenvalue weighted by molar-refractivity contribution is 0.251. The standard InChI is InChI=1S/C20H21ClN2O3/c1-11-7-12(2)18(16(21)8-11)23-20(24)22-10-15-14-4-6-25-17(14)9-13-3-5-26-19(13)15/h7-9H,3-6,10H2,1-2H3,(H2,22,23,24). The Labute approximate surface area is 157 Å². The Hall–Kier alpha value is -2.40. The van der Waals surface area contributed by atoms with Gasteiger partial charge in [-0.3, -0.25) is 0 Å². The minimum Gasteiger partial charge on any atom is -0.493 e. The minimum absolute atomic E-state index is 0.290. The van der Waals surface area contributed by atoms with Crippen LogP contribution in [0.25, 0.3) is 0 Å². The van der Waals surface area contributed by atoms with Crippen LogP contribution in [0.2, 0.25) is 5.02 Å². The third kappa shape index (κ3) is 3.07. The first-order valence-corrected chi connectivity index (χ1v) is 9.15. The van der Waals surface area contributed by atoms with Gasteiger partial charge in [-0.05, 0) is 37.1 Å². The van der Waals surface area contributed by atoms with E-state index >= 15 is 0 Å². The molecule has 2 heterocycles. The Balaban J connectivity index is 1.51. The van der Waals surface area contributed by atoms with Crippen LogP contribution in [-0.2, 0) is 19.4 Å². The van der Waals surface area contributed by atoms with E-state index in [1.54, 1.807) is 0 Å². The molecule has 0 bridgehead atoms. The van der Waals surface area contributed by atoms with Gasteiger partial charge in [-0.2, -0.15) is 0 Å². The van der Waals surface area contributed by atoms with E-state index in [1.165, 1.54) is 0 Å². The van der Waals surface area contributed by atoms with Crippen LogP contribution in [0.5, 0.6) is 11.5 Å². The quantitative estimate of drug-likeness (QED) is 0.850. The summed E-state index contributed by atoms with van der Waals surface area (Å²) >= 11 is 6.27. The molecule has 2 amide bonds. The summed E-state index contributed by atoms with van der Waals surface area (Å²) in [4.78, 5) is 12.4. The number of nitrogens with one attached hydrogen (secondary N) is 2. The van der Waals surface area contributed by atoms with E-state index in [0.29, 0.717) is 30.5 Å². The van der Waals surface area contributed by atoms with E-state index in [4.69, 9.17) is 21.1 Å². The summed E-state index contributed by atoms with van der Waals surface area (Å²) < 4.78 is 11.5. The number of amides is 2. The van der Waals surface area contributed by atoms with Gasteiger partial charge >= 0.3 is 6.03 Å². The van der Waals surface area contributed by atoms with Gasteiger partial charge in [0.1, 0.15) is 11.5 Å². The smallest absolute Gasteiger partial charge is 0.319 e. The molecule has 26 heavy (non-hydrogen) atoms. The Morgan fingerprint density at radius 2 is 1.96 bits per heavy atom. The molecule has 0 saturated carbocycles. The number of anilines is 1. The summed E-state index contributed by atoms with van der Waals surface area (Å²) in [6.45, 7) is 5.65. The van der Waals surface area contributed by atoms with Crippen molar-refractivity contribution in [2.45, 2.75) is 33.2 Å². The Kier molecular flexibility index (Phi) is 4.41. The number of aryl methyl sites for hydroxylation is 2. The van der Waals surface area contributed by atoms with Crippen molar-refractivity contribution in [2.75, 3.05) is 18.5 Å². The molecular formula is C20H21ClN2O3. The van der Waals surface area contributed by atoms with E-state index in [2.05, 4.69) is 16.7 Å². The highest BCUT2D eigenvalue weighted by Crippen LogP contribution is 2.40. The van der Waals surface area contributed by atoms with Crippen LogP contribution >= 0.6 is 11.6 Å². The summed E-state index contributed by atoms with van der Waals surface area (Å²) in [5, 5.41) is 6.33. The molecule has 0 saturated heterocycles. The predicted molar refractivity (Wildman–Crippen MR) is 102 cm³/mol. The summed E-state index contributed by atoms with van der Waals surface area (Å²) in [5.41, 5.74) is 5.94.